The number of benzene rings is 1. The Labute approximate surface area is 121 Å². The van der Waals surface area contributed by atoms with Gasteiger partial charge in [-0.2, -0.15) is 0 Å². The smallest absolute Gasteiger partial charge is 0.407 e. The number of hydrogen-bond acceptors (Lipinski definition) is 3. The van der Waals surface area contributed by atoms with E-state index in [0.29, 0.717) is 13.2 Å². The van der Waals surface area contributed by atoms with E-state index >= 15 is 0 Å². The van der Waals surface area contributed by atoms with Gasteiger partial charge in [-0.15, -0.1) is 0 Å². The third-order valence-corrected chi connectivity index (χ3v) is 2.53. The highest BCUT2D eigenvalue weighted by Crippen LogP contribution is 2.11. The van der Waals surface area contributed by atoms with Gasteiger partial charge in [-0.25, -0.2) is 4.79 Å². The van der Waals surface area contributed by atoms with Gasteiger partial charge in [-0.1, -0.05) is 17.7 Å². The second kappa shape index (κ2) is 7.78. The molecule has 0 bridgehead atoms. The molecule has 1 aromatic carbocycles. The maximum absolute atomic E-state index is 11.4. The zero-order valence-electron chi connectivity index (χ0n) is 12.9. The SMILES string of the molecule is Cc1ccc(OCCCCNC(=O)OC(C)(C)C)cc1. The quantitative estimate of drug-likeness (QED) is 0.808. The van der Waals surface area contributed by atoms with Crippen molar-refractivity contribution in [1.82, 2.24) is 5.32 Å². The lowest BCUT2D eigenvalue weighted by Gasteiger charge is -2.19. The van der Waals surface area contributed by atoms with E-state index in [4.69, 9.17) is 9.47 Å². The Kier molecular flexibility index (Phi) is 6.36. The molecule has 0 atom stereocenters. The van der Waals surface area contributed by atoms with E-state index in [1.807, 2.05) is 52.0 Å². The van der Waals surface area contributed by atoms with Crippen molar-refractivity contribution in [2.75, 3.05) is 13.2 Å². The van der Waals surface area contributed by atoms with Crippen LogP contribution in [0.15, 0.2) is 24.3 Å². The Balaban J connectivity index is 2.05. The van der Waals surface area contributed by atoms with E-state index in [0.717, 1.165) is 18.6 Å². The third kappa shape index (κ3) is 7.67. The normalized spacial score (nSPS) is 11.0. The Morgan fingerprint density at radius 1 is 1.15 bits per heavy atom. The largest absolute Gasteiger partial charge is 0.494 e. The number of nitrogens with one attached hydrogen (secondary N) is 1. The van der Waals surface area contributed by atoms with Crippen LogP contribution in [0.25, 0.3) is 0 Å². The van der Waals surface area contributed by atoms with E-state index in [2.05, 4.69) is 5.32 Å². The second-order valence-electron chi connectivity index (χ2n) is 5.80. The molecule has 1 amide bonds. The number of aryl methyl sites for hydroxylation is 1. The molecule has 0 aliphatic carbocycles. The lowest BCUT2D eigenvalue weighted by Crippen LogP contribution is -2.33. The average Bonchev–Trinajstić information content (AvgIpc) is 2.33. The number of unbranched alkanes of at least 4 members (excludes halogenated alkanes) is 1. The van der Waals surface area contributed by atoms with Crippen LogP contribution in [0.1, 0.15) is 39.2 Å². The first-order valence-electron chi connectivity index (χ1n) is 7.03. The fourth-order valence-corrected chi connectivity index (χ4v) is 1.56. The molecule has 0 unspecified atom stereocenters. The van der Waals surface area contributed by atoms with Gasteiger partial charge in [0.2, 0.25) is 0 Å². The molecular weight excluding hydrogens is 254 g/mol. The molecule has 0 heterocycles. The van der Waals surface area contributed by atoms with Crippen molar-refractivity contribution in [3.05, 3.63) is 29.8 Å². The first-order valence-corrected chi connectivity index (χ1v) is 7.03. The molecule has 4 heteroatoms. The summed E-state index contributed by atoms with van der Waals surface area (Å²) in [5.41, 5.74) is 0.775. The zero-order chi connectivity index (χ0) is 15.0. The number of rotatable bonds is 6. The van der Waals surface area contributed by atoms with Crippen molar-refractivity contribution in [3.63, 3.8) is 0 Å². The first kappa shape index (κ1) is 16.3. The Morgan fingerprint density at radius 2 is 1.80 bits per heavy atom. The highest BCUT2D eigenvalue weighted by atomic mass is 16.6. The summed E-state index contributed by atoms with van der Waals surface area (Å²) in [5, 5.41) is 2.73. The van der Waals surface area contributed by atoms with Crippen LogP contribution in [0, 0.1) is 6.92 Å². The Bertz CT molecular complexity index is 407. The van der Waals surface area contributed by atoms with Crippen molar-refractivity contribution >= 4 is 6.09 Å². The van der Waals surface area contributed by atoms with Crippen molar-refractivity contribution in [2.45, 2.75) is 46.1 Å². The number of carbonyl (C=O) groups excluding carboxylic acids is 1. The summed E-state index contributed by atoms with van der Waals surface area (Å²) >= 11 is 0. The number of amides is 1. The minimum absolute atomic E-state index is 0.364. The highest BCUT2D eigenvalue weighted by Gasteiger charge is 2.15. The molecule has 0 radical (unpaired) electrons. The zero-order valence-corrected chi connectivity index (χ0v) is 12.9. The predicted molar refractivity (Wildman–Crippen MR) is 80.1 cm³/mol. The average molecular weight is 279 g/mol. The van der Waals surface area contributed by atoms with Crippen LogP contribution in [0.2, 0.25) is 0 Å². The van der Waals surface area contributed by atoms with Gasteiger partial charge in [-0.3, -0.25) is 0 Å². The van der Waals surface area contributed by atoms with E-state index < -0.39 is 5.60 Å². The lowest BCUT2D eigenvalue weighted by atomic mass is 10.2. The maximum Gasteiger partial charge on any atom is 0.407 e. The molecule has 1 aromatic rings. The van der Waals surface area contributed by atoms with Gasteiger partial charge in [-0.05, 0) is 52.7 Å². The fourth-order valence-electron chi connectivity index (χ4n) is 1.56. The van der Waals surface area contributed by atoms with Gasteiger partial charge < -0.3 is 14.8 Å². The van der Waals surface area contributed by atoms with Gasteiger partial charge in [0.05, 0.1) is 6.61 Å². The Hall–Kier alpha value is -1.71. The van der Waals surface area contributed by atoms with Crippen LogP contribution in [-0.2, 0) is 4.74 Å². The molecule has 4 nitrogen and oxygen atoms in total. The molecule has 0 saturated heterocycles. The fraction of sp³-hybridized carbons (Fsp3) is 0.562. The molecule has 0 fully saturated rings. The summed E-state index contributed by atoms with van der Waals surface area (Å²) in [4.78, 5) is 11.4. The van der Waals surface area contributed by atoms with Crippen LogP contribution in [0.5, 0.6) is 5.75 Å². The molecule has 0 aliphatic rings. The van der Waals surface area contributed by atoms with Crippen molar-refractivity contribution in [2.24, 2.45) is 0 Å². The first-order chi connectivity index (χ1) is 9.37. The van der Waals surface area contributed by atoms with Crippen molar-refractivity contribution in [3.8, 4) is 5.75 Å². The summed E-state index contributed by atoms with van der Waals surface area (Å²) in [6.07, 6.45) is 1.39. The van der Waals surface area contributed by atoms with Crippen LogP contribution >= 0.6 is 0 Å². The van der Waals surface area contributed by atoms with Crippen LogP contribution < -0.4 is 10.1 Å². The van der Waals surface area contributed by atoms with Crippen molar-refractivity contribution < 1.29 is 14.3 Å². The number of ether oxygens (including phenoxy) is 2. The lowest BCUT2D eigenvalue weighted by molar-refractivity contribution is 0.0526. The number of alkyl carbamates (subject to hydrolysis) is 1. The molecule has 0 aliphatic heterocycles. The third-order valence-electron chi connectivity index (χ3n) is 2.53. The summed E-state index contributed by atoms with van der Waals surface area (Å²) in [7, 11) is 0. The summed E-state index contributed by atoms with van der Waals surface area (Å²) in [5.74, 6) is 0.885. The summed E-state index contributed by atoms with van der Waals surface area (Å²) in [6.45, 7) is 8.85. The van der Waals surface area contributed by atoms with Gasteiger partial charge in [0, 0.05) is 6.54 Å². The molecule has 1 rings (SSSR count). The molecule has 0 spiro atoms. The predicted octanol–water partition coefficient (Wildman–Crippen LogP) is 3.68. The van der Waals surface area contributed by atoms with Gasteiger partial charge in [0.25, 0.3) is 0 Å². The highest BCUT2D eigenvalue weighted by molar-refractivity contribution is 5.67. The standard InChI is InChI=1S/C16H25NO3/c1-13-7-9-14(10-8-13)19-12-6-5-11-17-15(18)20-16(2,3)4/h7-10H,5-6,11-12H2,1-4H3,(H,17,18). The maximum atomic E-state index is 11.4. The van der Waals surface area contributed by atoms with E-state index in [-0.39, 0.29) is 6.09 Å². The summed E-state index contributed by atoms with van der Waals surface area (Å²) < 4.78 is 10.7. The number of carbonyl (C=O) groups is 1. The summed E-state index contributed by atoms with van der Waals surface area (Å²) in [6, 6.07) is 7.99. The molecule has 1 N–H and O–H groups in total. The van der Waals surface area contributed by atoms with Crippen molar-refractivity contribution in [1.29, 1.82) is 0 Å². The van der Waals surface area contributed by atoms with Gasteiger partial charge in [0.1, 0.15) is 11.4 Å². The molecule has 20 heavy (non-hydrogen) atoms. The van der Waals surface area contributed by atoms with E-state index in [9.17, 15) is 4.79 Å². The second-order valence-corrected chi connectivity index (χ2v) is 5.80. The minimum Gasteiger partial charge on any atom is -0.494 e. The number of hydrogen-bond donors (Lipinski definition) is 1. The van der Waals surface area contributed by atoms with Crippen LogP contribution in [0.4, 0.5) is 4.79 Å². The van der Waals surface area contributed by atoms with Gasteiger partial charge in [0.15, 0.2) is 0 Å². The van der Waals surface area contributed by atoms with Crippen LogP contribution in [0.3, 0.4) is 0 Å². The van der Waals surface area contributed by atoms with E-state index in [1.54, 1.807) is 0 Å². The van der Waals surface area contributed by atoms with Crippen LogP contribution in [-0.4, -0.2) is 24.8 Å². The monoisotopic (exact) mass is 279 g/mol. The van der Waals surface area contributed by atoms with Gasteiger partial charge >= 0.3 is 6.09 Å². The Morgan fingerprint density at radius 3 is 2.40 bits per heavy atom. The molecule has 0 aromatic heterocycles. The van der Waals surface area contributed by atoms with E-state index in [1.165, 1.54) is 5.56 Å². The minimum atomic E-state index is -0.446. The molecular formula is C16H25NO3. The molecule has 0 saturated carbocycles. The topological polar surface area (TPSA) is 47.6 Å². The molecule has 112 valence electrons.